The van der Waals surface area contributed by atoms with Crippen LogP contribution in [0.3, 0.4) is 0 Å². The first-order chi connectivity index (χ1) is 16.2. The average Bonchev–Trinajstić information content (AvgIpc) is 3.12. The van der Waals surface area contributed by atoms with Gasteiger partial charge in [0.05, 0.1) is 21.9 Å². The molecule has 7 nitrogen and oxygen atoms in total. The maximum Gasteiger partial charge on any atom is 0.262 e. The van der Waals surface area contributed by atoms with Crippen LogP contribution >= 0.6 is 35.6 Å². The van der Waals surface area contributed by atoms with Crippen LogP contribution in [0.5, 0.6) is 0 Å². The molecule has 35 heavy (non-hydrogen) atoms. The molecule has 0 bridgehead atoms. The first kappa shape index (κ1) is 28.4. The van der Waals surface area contributed by atoms with Gasteiger partial charge in [-0.2, -0.15) is 4.31 Å². The largest absolute Gasteiger partial charge is 0.339 e. The number of sulfonamides is 1. The molecule has 2 fully saturated rings. The molecule has 1 aromatic heterocycles. The monoisotopic (exact) mass is 562 g/mol. The number of carbonyl (C=O) groups is 1. The summed E-state index contributed by atoms with van der Waals surface area (Å²) in [5.41, 5.74) is 0.293. The predicted molar refractivity (Wildman–Crippen MR) is 141 cm³/mol. The number of imidazole rings is 1. The van der Waals surface area contributed by atoms with E-state index < -0.39 is 10.0 Å². The highest BCUT2D eigenvalue weighted by atomic mass is 35.5. The van der Waals surface area contributed by atoms with Gasteiger partial charge < -0.3 is 4.57 Å². The van der Waals surface area contributed by atoms with Crippen LogP contribution in [0.15, 0.2) is 35.7 Å². The molecule has 0 spiro atoms. The van der Waals surface area contributed by atoms with Crippen LogP contribution in [0.4, 0.5) is 0 Å². The molecular weight excluding hydrogens is 531 g/mol. The van der Waals surface area contributed by atoms with E-state index in [1.807, 2.05) is 0 Å². The number of halogens is 3. The molecule has 2 aromatic rings. The van der Waals surface area contributed by atoms with Crippen molar-refractivity contribution in [3.63, 3.8) is 0 Å². The zero-order valence-corrected chi connectivity index (χ0v) is 23.1. The van der Waals surface area contributed by atoms with Gasteiger partial charge in [0.25, 0.3) is 10.0 Å². The summed E-state index contributed by atoms with van der Waals surface area (Å²) in [5.74, 6) is -0.0319. The van der Waals surface area contributed by atoms with E-state index in [9.17, 15) is 13.2 Å². The minimum absolute atomic E-state index is 0. The van der Waals surface area contributed by atoms with Crippen molar-refractivity contribution in [3.05, 3.63) is 46.3 Å². The summed E-state index contributed by atoms with van der Waals surface area (Å²) in [6.07, 6.45) is 10.8. The Morgan fingerprint density at radius 2 is 1.63 bits per heavy atom. The Morgan fingerprint density at radius 1 is 1.03 bits per heavy atom. The van der Waals surface area contributed by atoms with E-state index in [-0.39, 0.29) is 28.8 Å². The molecule has 194 valence electrons. The Morgan fingerprint density at radius 3 is 2.17 bits per heavy atom. The number of piperazine rings is 1. The molecule has 11 heteroatoms. The number of benzene rings is 1. The molecule has 0 amide bonds. The van der Waals surface area contributed by atoms with Gasteiger partial charge in [-0.05, 0) is 31.4 Å². The Kier molecular flexibility index (Phi) is 9.68. The van der Waals surface area contributed by atoms with Crippen molar-refractivity contribution in [2.75, 3.05) is 26.2 Å². The number of aryl methyl sites for hydroxylation is 1. The van der Waals surface area contributed by atoms with Crippen LogP contribution in [0.25, 0.3) is 0 Å². The lowest BCUT2D eigenvalue weighted by Gasteiger charge is -2.47. The quantitative estimate of drug-likeness (QED) is 0.341. The number of rotatable bonds is 7. The smallest absolute Gasteiger partial charge is 0.262 e. The Balaban J connectivity index is 0.00000342. The van der Waals surface area contributed by atoms with Gasteiger partial charge in [-0.1, -0.05) is 55.0 Å². The lowest BCUT2D eigenvalue weighted by molar-refractivity contribution is 0.0320. The van der Waals surface area contributed by atoms with Crippen LogP contribution < -0.4 is 0 Å². The van der Waals surface area contributed by atoms with Crippen LogP contribution in [0.1, 0.15) is 61.7 Å². The van der Waals surface area contributed by atoms with E-state index in [0.717, 1.165) is 32.1 Å². The summed E-state index contributed by atoms with van der Waals surface area (Å²) in [6, 6.07) is 5.14. The minimum Gasteiger partial charge on any atom is -0.339 e. The number of ketones is 1. The molecule has 0 atom stereocenters. The van der Waals surface area contributed by atoms with E-state index in [1.165, 1.54) is 23.5 Å². The molecule has 1 saturated carbocycles. The molecular formula is C24H33Cl3N4O3S. The predicted octanol–water partition coefficient (Wildman–Crippen LogP) is 5.21. The van der Waals surface area contributed by atoms with E-state index in [2.05, 4.69) is 9.88 Å². The van der Waals surface area contributed by atoms with Crippen molar-refractivity contribution in [1.29, 1.82) is 0 Å². The third-order valence-electron chi connectivity index (χ3n) is 7.29. The number of Topliss-reactive ketones (excluding diaryl/α,β-unsaturated/α-hetero) is 1. The zero-order valence-electron chi connectivity index (χ0n) is 20.0. The van der Waals surface area contributed by atoms with E-state index >= 15 is 0 Å². The number of carbonyl (C=O) groups excluding carboxylic acids is 1. The molecule has 4 rings (SSSR count). The molecule has 1 aromatic carbocycles. The van der Waals surface area contributed by atoms with E-state index in [1.54, 1.807) is 36.0 Å². The number of aromatic nitrogens is 2. The molecule has 0 N–H and O–H groups in total. The van der Waals surface area contributed by atoms with Gasteiger partial charge in [-0.3, -0.25) is 9.69 Å². The lowest BCUT2D eigenvalue weighted by atomic mass is 9.82. The van der Waals surface area contributed by atoms with Gasteiger partial charge in [-0.25, -0.2) is 13.4 Å². The molecule has 2 aliphatic rings. The first-order valence-electron chi connectivity index (χ1n) is 11.9. The lowest BCUT2D eigenvalue weighted by Crippen LogP contribution is -2.58. The third kappa shape index (κ3) is 6.22. The fraction of sp³-hybridized carbons (Fsp3) is 0.583. The summed E-state index contributed by atoms with van der Waals surface area (Å²) >= 11 is 12.6. The van der Waals surface area contributed by atoms with Crippen molar-refractivity contribution >= 4 is 51.4 Å². The second-order valence-electron chi connectivity index (χ2n) is 9.43. The standard InChI is InChI=1S/C24H32Cl2N4O3S.ClH/c1-28-17-22(27-18-28)34(32,33)30-15-13-29(14-16-30)24(10-4-2-3-5-11-24)12-9-21(31)23-19(25)7-6-8-20(23)26;/h6-8,17-18H,2-5,9-16H2,1H3;1H. The van der Waals surface area contributed by atoms with Gasteiger partial charge in [0, 0.05) is 51.4 Å². The number of hydrogen-bond donors (Lipinski definition) is 0. The van der Waals surface area contributed by atoms with Crippen molar-refractivity contribution in [2.45, 2.75) is 61.9 Å². The SMILES string of the molecule is Cl.Cn1cnc(S(=O)(=O)N2CCN(C3(CCC(=O)c4c(Cl)cccc4Cl)CCCCCC3)CC2)c1. The van der Waals surface area contributed by atoms with Crippen molar-refractivity contribution < 1.29 is 13.2 Å². The highest BCUT2D eigenvalue weighted by Crippen LogP contribution is 2.38. The highest BCUT2D eigenvalue weighted by molar-refractivity contribution is 7.89. The molecule has 1 aliphatic heterocycles. The first-order valence-corrected chi connectivity index (χ1v) is 14.1. The highest BCUT2D eigenvalue weighted by Gasteiger charge is 2.41. The van der Waals surface area contributed by atoms with E-state index in [0.29, 0.717) is 48.2 Å². The Hall–Kier alpha value is -1.16. The van der Waals surface area contributed by atoms with Gasteiger partial charge in [-0.15, -0.1) is 12.4 Å². The third-order valence-corrected chi connectivity index (χ3v) is 9.70. The molecule has 1 saturated heterocycles. The van der Waals surface area contributed by atoms with Gasteiger partial charge in [0.15, 0.2) is 10.8 Å². The normalized spacial score (nSPS) is 19.6. The van der Waals surface area contributed by atoms with Gasteiger partial charge in [0.1, 0.15) is 0 Å². The second-order valence-corrected chi connectivity index (χ2v) is 12.1. The van der Waals surface area contributed by atoms with Crippen molar-refractivity contribution in [1.82, 2.24) is 18.8 Å². The average molecular weight is 564 g/mol. The van der Waals surface area contributed by atoms with Gasteiger partial charge in [0.2, 0.25) is 0 Å². The maximum atomic E-state index is 13.1. The Labute approximate surface area is 224 Å². The zero-order chi connectivity index (χ0) is 24.3. The number of nitrogens with zero attached hydrogens (tertiary/aromatic N) is 4. The summed E-state index contributed by atoms with van der Waals surface area (Å²) in [4.78, 5) is 19.6. The molecule has 0 unspecified atom stereocenters. The maximum absolute atomic E-state index is 13.1. The number of hydrogen-bond acceptors (Lipinski definition) is 5. The van der Waals surface area contributed by atoms with Crippen molar-refractivity contribution in [3.8, 4) is 0 Å². The summed E-state index contributed by atoms with van der Waals surface area (Å²) in [5, 5.41) is 0.872. The fourth-order valence-corrected chi connectivity index (χ4v) is 7.40. The molecule has 0 radical (unpaired) electrons. The molecule has 2 heterocycles. The van der Waals surface area contributed by atoms with Crippen LogP contribution in [-0.2, 0) is 17.1 Å². The summed E-state index contributed by atoms with van der Waals surface area (Å²) < 4.78 is 29.2. The summed E-state index contributed by atoms with van der Waals surface area (Å²) in [6.45, 7) is 2.14. The van der Waals surface area contributed by atoms with Gasteiger partial charge >= 0.3 is 0 Å². The topological polar surface area (TPSA) is 75.5 Å². The van der Waals surface area contributed by atoms with Crippen LogP contribution in [0.2, 0.25) is 10.0 Å². The fourth-order valence-electron chi connectivity index (χ4n) is 5.40. The van der Waals surface area contributed by atoms with Crippen LogP contribution in [-0.4, -0.2) is 64.7 Å². The second kappa shape index (κ2) is 11.9. The Bertz CT molecular complexity index is 1100. The molecule has 1 aliphatic carbocycles. The van der Waals surface area contributed by atoms with Crippen molar-refractivity contribution in [2.24, 2.45) is 7.05 Å². The minimum atomic E-state index is -3.60. The van der Waals surface area contributed by atoms with E-state index in [4.69, 9.17) is 23.2 Å². The van der Waals surface area contributed by atoms with Crippen LogP contribution in [0, 0.1) is 0 Å². The summed E-state index contributed by atoms with van der Waals surface area (Å²) in [7, 11) is -1.84.